The van der Waals surface area contributed by atoms with Crippen LogP contribution < -0.4 is 4.74 Å². The predicted molar refractivity (Wildman–Crippen MR) is 82.6 cm³/mol. The van der Waals surface area contributed by atoms with Gasteiger partial charge in [0, 0.05) is 10.0 Å². The lowest BCUT2D eigenvalue weighted by atomic mass is 9.96. The third kappa shape index (κ3) is 2.27. The Morgan fingerprint density at radius 1 is 1.15 bits per heavy atom. The van der Waals surface area contributed by atoms with Gasteiger partial charge in [0.25, 0.3) is 0 Å². The Hall–Kier alpha value is -1.61. The smallest absolute Gasteiger partial charge is 0.197 e. The van der Waals surface area contributed by atoms with E-state index in [1.165, 1.54) is 0 Å². The van der Waals surface area contributed by atoms with Gasteiger partial charge < -0.3 is 4.74 Å². The summed E-state index contributed by atoms with van der Waals surface area (Å²) in [5.74, 6) is 0.775. The zero-order valence-corrected chi connectivity index (χ0v) is 12.9. The zero-order valence-electron chi connectivity index (χ0n) is 11.3. The van der Waals surface area contributed by atoms with E-state index >= 15 is 0 Å². The van der Waals surface area contributed by atoms with Crippen LogP contribution in [0.2, 0.25) is 0 Å². The van der Waals surface area contributed by atoms with Gasteiger partial charge >= 0.3 is 0 Å². The number of aryl methyl sites for hydroxylation is 2. The lowest BCUT2D eigenvalue weighted by molar-refractivity contribution is 0.103. The summed E-state index contributed by atoms with van der Waals surface area (Å²) in [4.78, 5) is 12.8. The summed E-state index contributed by atoms with van der Waals surface area (Å²) in [6.45, 7) is 2.67. The van der Waals surface area contributed by atoms with Crippen molar-refractivity contribution in [3.63, 3.8) is 0 Å². The lowest BCUT2D eigenvalue weighted by Gasteiger charge is -2.20. The summed E-state index contributed by atoms with van der Waals surface area (Å²) in [6.07, 6.45) is 1.99. The Labute approximate surface area is 126 Å². The Morgan fingerprint density at radius 3 is 2.75 bits per heavy atom. The van der Waals surface area contributed by atoms with Crippen molar-refractivity contribution in [1.82, 2.24) is 0 Å². The summed E-state index contributed by atoms with van der Waals surface area (Å²) in [6, 6.07) is 11.6. The minimum absolute atomic E-state index is 0.0133. The number of hydrogen-bond donors (Lipinski definition) is 0. The van der Waals surface area contributed by atoms with Gasteiger partial charge in [0.1, 0.15) is 5.75 Å². The van der Waals surface area contributed by atoms with Gasteiger partial charge in [-0.05, 0) is 59.0 Å². The van der Waals surface area contributed by atoms with E-state index < -0.39 is 0 Å². The van der Waals surface area contributed by atoms with E-state index in [0.717, 1.165) is 34.2 Å². The maximum atomic E-state index is 12.8. The molecule has 1 heterocycles. The fourth-order valence-electron chi connectivity index (χ4n) is 2.54. The van der Waals surface area contributed by atoms with Crippen molar-refractivity contribution in [2.24, 2.45) is 0 Å². The number of carbonyl (C=O) groups excluding carboxylic acids is 1. The first kappa shape index (κ1) is 13.4. The summed E-state index contributed by atoms with van der Waals surface area (Å²) in [5.41, 5.74) is 3.54. The third-order valence-corrected chi connectivity index (χ3v) is 4.67. The zero-order chi connectivity index (χ0) is 14.1. The molecule has 3 heteroatoms. The number of hydrogen-bond acceptors (Lipinski definition) is 2. The summed E-state index contributed by atoms with van der Waals surface area (Å²) in [7, 11) is 0. The number of benzene rings is 2. The van der Waals surface area contributed by atoms with E-state index in [4.69, 9.17) is 4.74 Å². The van der Waals surface area contributed by atoms with Crippen molar-refractivity contribution >= 4 is 21.7 Å². The molecule has 0 saturated carbocycles. The number of para-hydroxylation sites is 1. The molecule has 1 aliphatic rings. The Bertz CT molecular complexity index is 677. The van der Waals surface area contributed by atoms with Crippen LogP contribution in [0.15, 0.2) is 40.9 Å². The molecule has 0 fully saturated rings. The molecule has 2 aromatic rings. The molecular formula is C17H15BrO2. The molecule has 2 nitrogen and oxygen atoms in total. The predicted octanol–water partition coefficient (Wildman–Crippen LogP) is 4.31. The maximum absolute atomic E-state index is 12.8. The Balaban J connectivity index is 2.09. The van der Waals surface area contributed by atoms with Crippen molar-refractivity contribution in [1.29, 1.82) is 0 Å². The minimum atomic E-state index is 0.0133. The molecule has 0 atom stereocenters. The van der Waals surface area contributed by atoms with Gasteiger partial charge in [-0.2, -0.15) is 0 Å². The standard InChI is InChI=1S/C17H15BrO2/c1-11-5-2-8-13(15(11)18)16(19)14-9-3-6-12-7-4-10-20-17(12)14/h2-3,5-6,8-9H,4,7,10H2,1H3. The van der Waals surface area contributed by atoms with E-state index in [-0.39, 0.29) is 5.78 Å². The Kier molecular flexibility index (Phi) is 3.62. The average molecular weight is 331 g/mol. The van der Waals surface area contributed by atoms with Crippen molar-refractivity contribution in [2.45, 2.75) is 19.8 Å². The lowest BCUT2D eigenvalue weighted by Crippen LogP contribution is -2.13. The SMILES string of the molecule is Cc1cccc(C(=O)c2cccc3c2OCCC3)c1Br. The maximum Gasteiger partial charge on any atom is 0.197 e. The van der Waals surface area contributed by atoms with Crippen LogP contribution in [0.5, 0.6) is 5.75 Å². The van der Waals surface area contributed by atoms with E-state index in [1.54, 1.807) is 0 Å². The molecule has 0 amide bonds. The molecule has 1 aliphatic heterocycles. The van der Waals surface area contributed by atoms with Crippen LogP contribution >= 0.6 is 15.9 Å². The third-order valence-electron chi connectivity index (χ3n) is 3.61. The highest BCUT2D eigenvalue weighted by Gasteiger charge is 2.21. The number of ketones is 1. The first-order valence-corrected chi connectivity index (χ1v) is 7.52. The molecule has 0 saturated heterocycles. The monoisotopic (exact) mass is 330 g/mol. The minimum Gasteiger partial charge on any atom is -0.493 e. The van der Waals surface area contributed by atoms with Crippen LogP contribution in [0.25, 0.3) is 0 Å². The highest BCUT2D eigenvalue weighted by Crippen LogP contribution is 2.32. The van der Waals surface area contributed by atoms with Crippen LogP contribution in [0.1, 0.15) is 33.5 Å². The second-order valence-electron chi connectivity index (χ2n) is 5.01. The Morgan fingerprint density at radius 2 is 1.90 bits per heavy atom. The largest absolute Gasteiger partial charge is 0.493 e. The number of carbonyl (C=O) groups is 1. The molecule has 102 valence electrons. The highest BCUT2D eigenvalue weighted by molar-refractivity contribution is 9.10. The molecule has 0 aliphatic carbocycles. The molecule has 0 bridgehead atoms. The molecule has 0 spiro atoms. The number of ether oxygens (including phenoxy) is 1. The van der Waals surface area contributed by atoms with Gasteiger partial charge in [0.2, 0.25) is 0 Å². The second kappa shape index (κ2) is 5.41. The number of halogens is 1. The molecule has 2 aromatic carbocycles. The molecule has 0 unspecified atom stereocenters. The molecule has 20 heavy (non-hydrogen) atoms. The van der Waals surface area contributed by atoms with Crippen LogP contribution in [-0.4, -0.2) is 12.4 Å². The molecule has 0 N–H and O–H groups in total. The normalized spacial score (nSPS) is 13.5. The molecule has 3 rings (SSSR count). The summed E-state index contributed by atoms with van der Waals surface area (Å²) in [5, 5.41) is 0. The topological polar surface area (TPSA) is 26.3 Å². The second-order valence-corrected chi connectivity index (χ2v) is 5.80. The van der Waals surface area contributed by atoms with Gasteiger partial charge in [-0.15, -0.1) is 0 Å². The van der Waals surface area contributed by atoms with Gasteiger partial charge in [0.15, 0.2) is 5.78 Å². The summed E-state index contributed by atoms with van der Waals surface area (Å²) < 4.78 is 6.59. The van der Waals surface area contributed by atoms with Crippen molar-refractivity contribution in [3.05, 3.63) is 63.1 Å². The van der Waals surface area contributed by atoms with Crippen molar-refractivity contribution < 1.29 is 9.53 Å². The fourth-order valence-corrected chi connectivity index (χ4v) is 2.98. The van der Waals surface area contributed by atoms with Crippen molar-refractivity contribution in [2.75, 3.05) is 6.61 Å². The molecular weight excluding hydrogens is 316 g/mol. The first-order chi connectivity index (χ1) is 9.68. The fraction of sp³-hybridized carbons (Fsp3) is 0.235. The average Bonchev–Trinajstić information content (AvgIpc) is 2.49. The van der Waals surface area contributed by atoms with Gasteiger partial charge in [-0.1, -0.05) is 24.3 Å². The van der Waals surface area contributed by atoms with Gasteiger partial charge in [-0.25, -0.2) is 0 Å². The number of fused-ring (bicyclic) bond motifs is 1. The van der Waals surface area contributed by atoms with E-state index in [0.29, 0.717) is 17.7 Å². The molecule has 0 radical (unpaired) electrons. The highest BCUT2D eigenvalue weighted by atomic mass is 79.9. The van der Waals surface area contributed by atoms with Crippen molar-refractivity contribution in [3.8, 4) is 5.75 Å². The van der Waals surface area contributed by atoms with Crippen LogP contribution in [0.3, 0.4) is 0 Å². The van der Waals surface area contributed by atoms with Crippen LogP contribution in [-0.2, 0) is 6.42 Å². The van der Waals surface area contributed by atoms with Gasteiger partial charge in [-0.3, -0.25) is 4.79 Å². The van der Waals surface area contributed by atoms with E-state index in [2.05, 4.69) is 15.9 Å². The van der Waals surface area contributed by atoms with Crippen LogP contribution in [0, 0.1) is 6.92 Å². The van der Waals surface area contributed by atoms with E-state index in [9.17, 15) is 4.79 Å². The van der Waals surface area contributed by atoms with E-state index in [1.807, 2.05) is 43.3 Å². The molecule has 0 aromatic heterocycles. The summed E-state index contributed by atoms with van der Waals surface area (Å²) >= 11 is 3.51. The van der Waals surface area contributed by atoms with Gasteiger partial charge in [0.05, 0.1) is 12.2 Å². The first-order valence-electron chi connectivity index (χ1n) is 6.73. The quantitative estimate of drug-likeness (QED) is 0.767. The number of rotatable bonds is 2. The van der Waals surface area contributed by atoms with Crippen LogP contribution in [0.4, 0.5) is 0 Å².